The highest BCUT2D eigenvalue weighted by atomic mass is 16.5. The number of nitrogens with zero attached hydrogens (tertiary/aromatic N) is 1. The number of hydrogen-bond acceptors (Lipinski definition) is 3. The molecule has 0 spiro atoms. The van der Waals surface area contributed by atoms with Gasteiger partial charge in [-0.15, -0.1) is 0 Å². The highest BCUT2D eigenvalue weighted by Crippen LogP contribution is 2.08. The van der Waals surface area contributed by atoms with E-state index in [1.54, 1.807) is 6.20 Å². The van der Waals surface area contributed by atoms with E-state index in [9.17, 15) is 4.79 Å². The van der Waals surface area contributed by atoms with Crippen LogP contribution in [0.3, 0.4) is 0 Å². The van der Waals surface area contributed by atoms with Crippen molar-refractivity contribution in [2.45, 2.75) is 13.2 Å². The van der Waals surface area contributed by atoms with E-state index in [1.165, 1.54) is 6.07 Å². The third kappa shape index (κ3) is 2.78. The minimum absolute atomic E-state index is 0.135. The van der Waals surface area contributed by atoms with Gasteiger partial charge in [-0.25, -0.2) is 0 Å². The van der Waals surface area contributed by atoms with Crippen molar-refractivity contribution in [3.05, 3.63) is 64.1 Å². The summed E-state index contributed by atoms with van der Waals surface area (Å²) in [6.45, 7) is 0.725. The molecule has 2 N–H and O–H groups in total. The minimum atomic E-state index is -0.135. The zero-order chi connectivity index (χ0) is 13.0. The summed E-state index contributed by atoms with van der Waals surface area (Å²) >= 11 is 0. The number of pyridine rings is 1. The Kier molecular flexibility index (Phi) is 3.79. The van der Waals surface area contributed by atoms with Gasteiger partial charge in [-0.2, -0.15) is 0 Å². The summed E-state index contributed by atoms with van der Waals surface area (Å²) in [4.78, 5) is 11.8. The smallest absolute Gasteiger partial charge is 0.223 e. The van der Waals surface area contributed by atoms with Crippen LogP contribution >= 0.6 is 0 Å². The number of aryl methyl sites for hydroxylation is 1. The van der Waals surface area contributed by atoms with Crippen LogP contribution in [-0.4, -0.2) is 4.57 Å². The van der Waals surface area contributed by atoms with Crippen LogP contribution in [0.4, 0.5) is 0 Å². The minimum Gasteiger partial charge on any atom is -0.483 e. The second-order valence-corrected chi connectivity index (χ2v) is 4.08. The molecule has 1 aromatic carbocycles. The first-order valence-corrected chi connectivity index (χ1v) is 5.77. The van der Waals surface area contributed by atoms with Crippen LogP contribution in [0.2, 0.25) is 0 Å². The Labute approximate surface area is 106 Å². The van der Waals surface area contributed by atoms with E-state index >= 15 is 0 Å². The Morgan fingerprint density at radius 1 is 1.28 bits per heavy atom. The predicted octanol–water partition coefficient (Wildman–Crippen LogP) is 1.42. The van der Waals surface area contributed by atoms with E-state index in [2.05, 4.69) is 0 Å². The lowest BCUT2D eigenvalue weighted by molar-refractivity contribution is 0.300. The SMILES string of the molecule is Cn1cc(OCc2ccccc2)c(=O)cc1CN. The molecular weight excluding hydrogens is 228 g/mol. The van der Waals surface area contributed by atoms with Crippen LogP contribution in [-0.2, 0) is 20.2 Å². The molecule has 0 amide bonds. The summed E-state index contributed by atoms with van der Waals surface area (Å²) in [7, 11) is 1.84. The number of nitrogens with two attached hydrogens (primary N) is 1. The fourth-order valence-electron chi connectivity index (χ4n) is 1.69. The number of aromatic nitrogens is 1. The summed E-state index contributed by atoms with van der Waals surface area (Å²) in [5.41, 5.74) is 7.21. The molecule has 0 atom stereocenters. The van der Waals surface area contributed by atoms with Crippen LogP contribution in [0.15, 0.2) is 47.4 Å². The highest BCUT2D eigenvalue weighted by Gasteiger charge is 2.04. The maximum atomic E-state index is 11.8. The first kappa shape index (κ1) is 12.4. The van der Waals surface area contributed by atoms with E-state index in [4.69, 9.17) is 10.5 Å². The van der Waals surface area contributed by atoms with Crippen molar-refractivity contribution in [3.8, 4) is 5.75 Å². The molecule has 4 nitrogen and oxygen atoms in total. The number of rotatable bonds is 4. The van der Waals surface area contributed by atoms with Crippen LogP contribution in [0, 0.1) is 0 Å². The van der Waals surface area contributed by atoms with Crippen molar-refractivity contribution in [1.29, 1.82) is 0 Å². The van der Waals surface area contributed by atoms with Gasteiger partial charge in [0.05, 0.1) is 6.20 Å². The molecule has 0 aliphatic carbocycles. The molecule has 18 heavy (non-hydrogen) atoms. The molecule has 0 aliphatic heterocycles. The molecule has 94 valence electrons. The third-order valence-electron chi connectivity index (χ3n) is 2.75. The van der Waals surface area contributed by atoms with Gasteiger partial charge >= 0.3 is 0 Å². The van der Waals surface area contributed by atoms with Crippen molar-refractivity contribution in [2.75, 3.05) is 0 Å². The number of benzene rings is 1. The molecule has 1 aromatic heterocycles. The average molecular weight is 244 g/mol. The maximum Gasteiger partial charge on any atom is 0.223 e. The van der Waals surface area contributed by atoms with Crippen LogP contribution in [0.1, 0.15) is 11.3 Å². The molecule has 0 radical (unpaired) electrons. The lowest BCUT2D eigenvalue weighted by atomic mass is 10.2. The molecule has 1 heterocycles. The molecule has 0 fully saturated rings. The van der Waals surface area contributed by atoms with Gasteiger partial charge in [0.1, 0.15) is 6.61 Å². The molecule has 0 bridgehead atoms. The Morgan fingerprint density at radius 2 is 2.00 bits per heavy atom. The van der Waals surface area contributed by atoms with Crippen molar-refractivity contribution in [1.82, 2.24) is 4.57 Å². The third-order valence-corrected chi connectivity index (χ3v) is 2.75. The standard InChI is InChI=1S/C14H16N2O2/c1-16-9-14(13(17)7-12(16)8-15)18-10-11-5-3-2-4-6-11/h2-7,9H,8,10,15H2,1H3. The predicted molar refractivity (Wildman–Crippen MR) is 70.3 cm³/mol. The molecule has 2 aromatic rings. The first-order valence-electron chi connectivity index (χ1n) is 5.77. The van der Waals surface area contributed by atoms with E-state index in [1.807, 2.05) is 41.9 Å². The molecular formula is C14H16N2O2. The van der Waals surface area contributed by atoms with Gasteiger partial charge in [0, 0.05) is 25.4 Å². The summed E-state index contributed by atoms with van der Waals surface area (Å²) in [6, 6.07) is 11.2. The summed E-state index contributed by atoms with van der Waals surface area (Å²) in [6.07, 6.45) is 1.67. The number of ether oxygens (including phenoxy) is 1. The van der Waals surface area contributed by atoms with Gasteiger partial charge < -0.3 is 15.0 Å². The fourth-order valence-corrected chi connectivity index (χ4v) is 1.69. The summed E-state index contributed by atoms with van der Waals surface area (Å²) in [5, 5.41) is 0. The zero-order valence-corrected chi connectivity index (χ0v) is 10.3. The molecule has 0 aliphatic rings. The second kappa shape index (κ2) is 5.51. The van der Waals surface area contributed by atoms with Gasteiger partial charge in [-0.1, -0.05) is 30.3 Å². The average Bonchev–Trinajstić information content (AvgIpc) is 2.40. The van der Waals surface area contributed by atoms with Gasteiger partial charge in [-0.3, -0.25) is 4.79 Å². The lowest BCUT2D eigenvalue weighted by Crippen LogP contribution is -2.15. The van der Waals surface area contributed by atoms with E-state index in [-0.39, 0.29) is 5.43 Å². The first-order chi connectivity index (χ1) is 8.70. The Balaban J connectivity index is 2.15. The van der Waals surface area contributed by atoms with Crippen LogP contribution in [0.25, 0.3) is 0 Å². The topological polar surface area (TPSA) is 57.2 Å². The van der Waals surface area contributed by atoms with Crippen molar-refractivity contribution in [2.24, 2.45) is 12.8 Å². The zero-order valence-electron chi connectivity index (χ0n) is 10.3. The molecule has 0 saturated heterocycles. The highest BCUT2D eigenvalue weighted by molar-refractivity contribution is 5.22. The molecule has 0 saturated carbocycles. The van der Waals surface area contributed by atoms with E-state index in [0.29, 0.717) is 18.9 Å². The van der Waals surface area contributed by atoms with Crippen molar-refractivity contribution >= 4 is 0 Å². The lowest BCUT2D eigenvalue weighted by Gasteiger charge is -2.10. The largest absolute Gasteiger partial charge is 0.483 e. The van der Waals surface area contributed by atoms with Gasteiger partial charge in [-0.05, 0) is 5.56 Å². The maximum absolute atomic E-state index is 11.8. The molecule has 2 rings (SSSR count). The Bertz CT molecular complexity index is 576. The van der Waals surface area contributed by atoms with Gasteiger partial charge in [0.2, 0.25) is 5.43 Å². The van der Waals surface area contributed by atoms with Gasteiger partial charge in [0.15, 0.2) is 5.75 Å². The van der Waals surface area contributed by atoms with Crippen LogP contribution in [0.5, 0.6) is 5.75 Å². The fraction of sp³-hybridized carbons (Fsp3) is 0.214. The second-order valence-electron chi connectivity index (χ2n) is 4.08. The van der Waals surface area contributed by atoms with Crippen LogP contribution < -0.4 is 15.9 Å². The molecule has 4 heteroatoms. The normalized spacial score (nSPS) is 10.3. The van der Waals surface area contributed by atoms with E-state index < -0.39 is 0 Å². The van der Waals surface area contributed by atoms with Gasteiger partial charge in [0.25, 0.3) is 0 Å². The monoisotopic (exact) mass is 244 g/mol. The number of hydrogen-bond donors (Lipinski definition) is 1. The van der Waals surface area contributed by atoms with Crippen molar-refractivity contribution in [3.63, 3.8) is 0 Å². The summed E-state index contributed by atoms with van der Waals surface area (Å²) in [5.74, 6) is 0.346. The van der Waals surface area contributed by atoms with E-state index in [0.717, 1.165) is 11.3 Å². The Hall–Kier alpha value is -2.07. The quantitative estimate of drug-likeness (QED) is 0.885. The molecule has 0 unspecified atom stereocenters. The van der Waals surface area contributed by atoms with Crippen molar-refractivity contribution < 1.29 is 4.74 Å². The summed E-state index contributed by atoms with van der Waals surface area (Å²) < 4.78 is 7.34. The Morgan fingerprint density at radius 3 is 2.67 bits per heavy atom.